The summed E-state index contributed by atoms with van der Waals surface area (Å²) in [7, 11) is 0. The molecule has 1 N–H and O–H groups in total. The van der Waals surface area contributed by atoms with E-state index in [4.69, 9.17) is 4.74 Å². The minimum atomic E-state index is -0.547. The molecule has 2 heterocycles. The lowest BCUT2D eigenvalue weighted by Crippen LogP contribution is -2.16. The number of carbonyl (C=O) groups excluding carboxylic acids is 2. The number of nitrogens with zero attached hydrogens (tertiary/aromatic N) is 2. The first-order valence-electron chi connectivity index (χ1n) is 9.01. The molecule has 0 saturated heterocycles. The Bertz CT molecular complexity index is 1070. The van der Waals surface area contributed by atoms with E-state index in [1.165, 1.54) is 21.8 Å². The number of aryl methyl sites for hydroxylation is 1. The van der Waals surface area contributed by atoms with Crippen LogP contribution in [0, 0.1) is 6.92 Å². The lowest BCUT2D eigenvalue weighted by molar-refractivity contribution is -0.116. The van der Waals surface area contributed by atoms with Gasteiger partial charge in [0.25, 0.3) is 5.56 Å². The largest absolute Gasteiger partial charge is 0.456 e. The average molecular weight is 399 g/mol. The van der Waals surface area contributed by atoms with Crippen molar-refractivity contribution in [3.05, 3.63) is 63.0 Å². The van der Waals surface area contributed by atoms with Crippen LogP contribution in [0.2, 0.25) is 0 Å². The van der Waals surface area contributed by atoms with Crippen molar-refractivity contribution < 1.29 is 14.3 Å². The summed E-state index contributed by atoms with van der Waals surface area (Å²) in [6, 6.07) is 7.94. The van der Waals surface area contributed by atoms with Gasteiger partial charge in [-0.15, -0.1) is 11.3 Å². The van der Waals surface area contributed by atoms with Gasteiger partial charge in [-0.2, -0.15) is 0 Å². The lowest BCUT2D eigenvalue weighted by Gasteiger charge is -2.08. The molecule has 0 aliphatic heterocycles. The Hall–Kier alpha value is -3.00. The molecule has 3 aromatic rings. The normalized spacial score (nSPS) is 10.8. The van der Waals surface area contributed by atoms with Gasteiger partial charge in [-0.05, 0) is 31.5 Å². The number of hydrogen-bond donors (Lipinski definition) is 1. The second-order valence-corrected chi connectivity index (χ2v) is 7.23. The first-order valence-corrected chi connectivity index (χ1v) is 9.89. The van der Waals surface area contributed by atoms with Gasteiger partial charge >= 0.3 is 5.97 Å². The molecule has 0 spiro atoms. The number of esters is 1. The number of rotatable bonds is 7. The first kappa shape index (κ1) is 19.8. The number of benzene rings is 1. The molecule has 0 aliphatic rings. The monoisotopic (exact) mass is 399 g/mol. The Balaban J connectivity index is 1.66. The summed E-state index contributed by atoms with van der Waals surface area (Å²) in [6.45, 7) is 3.75. The molecule has 0 unspecified atom stereocenters. The first-order chi connectivity index (χ1) is 13.5. The predicted molar refractivity (Wildman–Crippen MR) is 108 cm³/mol. The molecule has 28 heavy (non-hydrogen) atoms. The summed E-state index contributed by atoms with van der Waals surface area (Å²) in [5.41, 5.74) is 1.87. The zero-order valence-corrected chi connectivity index (χ0v) is 16.5. The van der Waals surface area contributed by atoms with E-state index in [1.54, 1.807) is 24.3 Å². The number of nitrogens with one attached hydrogen (secondary N) is 1. The van der Waals surface area contributed by atoms with Crippen molar-refractivity contribution in [3.8, 4) is 0 Å². The predicted octanol–water partition coefficient (Wildman–Crippen LogP) is 3.55. The second kappa shape index (κ2) is 8.79. The van der Waals surface area contributed by atoms with Crippen molar-refractivity contribution in [2.45, 2.75) is 39.7 Å². The molecule has 0 radical (unpaired) electrons. The van der Waals surface area contributed by atoms with Crippen molar-refractivity contribution >= 4 is 33.9 Å². The van der Waals surface area contributed by atoms with Crippen LogP contribution in [-0.2, 0) is 16.1 Å². The molecular weight excluding hydrogens is 378 g/mol. The minimum absolute atomic E-state index is 0.0865. The van der Waals surface area contributed by atoms with Crippen molar-refractivity contribution in [2.75, 3.05) is 5.32 Å². The van der Waals surface area contributed by atoms with E-state index in [2.05, 4.69) is 10.3 Å². The second-order valence-electron chi connectivity index (χ2n) is 6.39. The van der Waals surface area contributed by atoms with Gasteiger partial charge in [0.15, 0.2) is 4.96 Å². The van der Waals surface area contributed by atoms with Crippen molar-refractivity contribution in [2.24, 2.45) is 0 Å². The Kier molecular flexibility index (Phi) is 6.20. The Morgan fingerprint density at radius 1 is 1.29 bits per heavy atom. The van der Waals surface area contributed by atoms with Crippen LogP contribution in [0.1, 0.15) is 47.9 Å². The number of unbranched alkanes of at least 4 members (excludes halogenated alkanes) is 1. The van der Waals surface area contributed by atoms with E-state index in [0.717, 1.165) is 18.5 Å². The number of ether oxygens (including phenoxy) is 1. The van der Waals surface area contributed by atoms with Crippen LogP contribution >= 0.6 is 11.3 Å². The van der Waals surface area contributed by atoms with Crippen LogP contribution in [0.5, 0.6) is 0 Å². The van der Waals surface area contributed by atoms with E-state index in [0.29, 0.717) is 28.3 Å². The van der Waals surface area contributed by atoms with Gasteiger partial charge < -0.3 is 10.1 Å². The highest BCUT2D eigenvalue weighted by Gasteiger charge is 2.12. The van der Waals surface area contributed by atoms with Crippen LogP contribution in [0.3, 0.4) is 0 Å². The highest BCUT2D eigenvalue weighted by Crippen LogP contribution is 2.15. The van der Waals surface area contributed by atoms with Crippen LogP contribution in [0.15, 0.2) is 40.5 Å². The van der Waals surface area contributed by atoms with Gasteiger partial charge in [0.1, 0.15) is 6.61 Å². The number of anilines is 1. The van der Waals surface area contributed by atoms with E-state index in [-0.39, 0.29) is 18.1 Å². The SMILES string of the molecule is CCCCC(=O)Nc1cccc(C(=O)OCc2cc(=O)n3c(C)csc3n2)c1. The third-order valence-corrected chi connectivity index (χ3v) is 5.06. The number of fused-ring (bicyclic) bond motifs is 1. The van der Waals surface area contributed by atoms with Crippen molar-refractivity contribution in [3.63, 3.8) is 0 Å². The molecule has 0 aliphatic carbocycles. The third kappa shape index (κ3) is 4.64. The summed E-state index contributed by atoms with van der Waals surface area (Å²) in [5, 5.41) is 4.62. The summed E-state index contributed by atoms with van der Waals surface area (Å²) in [5.74, 6) is -0.634. The summed E-state index contributed by atoms with van der Waals surface area (Å²) in [4.78, 5) is 41.3. The zero-order valence-electron chi connectivity index (χ0n) is 15.7. The van der Waals surface area contributed by atoms with Crippen molar-refractivity contribution in [1.82, 2.24) is 9.38 Å². The summed E-state index contributed by atoms with van der Waals surface area (Å²) in [6.07, 6.45) is 2.19. The molecule has 0 atom stereocenters. The summed E-state index contributed by atoms with van der Waals surface area (Å²) >= 11 is 1.36. The average Bonchev–Trinajstić information content (AvgIpc) is 3.06. The van der Waals surface area contributed by atoms with E-state index >= 15 is 0 Å². The fourth-order valence-electron chi connectivity index (χ4n) is 2.68. The zero-order chi connectivity index (χ0) is 20.1. The molecule has 0 saturated carbocycles. The third-order valence-electron chi connectivity index (χ3n) is 4.12. The van der Waals surface area contributed by atoms with Gasteiger partial charge in [-0.25, -0.2) is 9.78 Å². The maximum Gasteiger partial charge on any atom is 0.338 e. The maximum absolute atomic E-state index is 12.3. The van der Waals surface area contributed by atoms with Crippen LogP contribution < -0.4 is 10.9 Å². The van der Waals surface area contributed by atoms with Gasteiger partial charge in [0, 0.05) is 29.2 Å². The molecular formula is C20H21N3O4S. The minimum Gasteiger partial charge on any atom is -0.456 e. The maximum atomic E-state index is 12.3. The van der Waals surface area contributed by atoms with Crippen molar-refractivity contribution in [1.29, 1.82) is 0 Å². The Morgan fingerprint density at radius 3 is 2.89 bits per heavy atom. The Labute approximate surface area is 166 Å². The summed E-state index contributed by atoms with van der Waals surface area (Å²) < 4.78 is 6.81. The molecule has 3 rings (SSSR count). The number of carbonyl (C=O) groups is 2. The fourth-order valence-corrected chi connectivity index (χ4v) is 3.57. The van der Waals surface area contributed by atoms with Gasteiger partial charge in [0.2, 0.25) is 5.91 Å². The lowest BCUT2D eigenvalue weighted by atomic mass is 10.2. The smallest absolute Gasteiger partial charge is 0.338 e. The van der Waals surface area contributed by atoms with E-state index in [1.807, 2.05) is 19.2 Å². The molecule has 0 fully saturated rings. The fraction of sp³-hybridized carbons (Fsp3) is 0.300. The quantitative estimate of drug-likeness (QED) is 0.614. The molecule has 1 amide bonds. The van der Waals surface area contributed by atoms with Crippen LogP contribution in [0.4, 0.5) is 5.69 Å². The molecule has 2 aromatic heterocycles. The molecule has 8 heteroatoms. The molecule has 146 valence electrons. The number of amides is 1. The van der Waals surface area contributed by atoms with E-state index < -0.39 is 5.97 Å². The highest BCUT2D eigenvalue weighted by atomic mass is 32.1. The highest BCUT2D eigenvalue weighted by molar-refractivity contribution is 7.15. The molecule has 1 aromatic carbocycles. The van der Waals surface area contributed by atoms with Gasteiger partial charge in [-0.3, -0.25) is 14.0 Å². The number of thiazole rings is 1. The Morgan fingerprint density at radius 2 is 2.11 bits per heavy atom. The van der Waals surface area contributed by atoms with Gasteiger partial charge in [-0.1, -0.05) is 19.4 Å². The number of hydrogen-bond acceptors (Lipinski definition) is 6. The molecule has 0 bridgehead atoms. The number of aromatic nitrogens is 2. The van der Waals surface area contributed by atoms with Gasteiger partial charge in [0.05, 0.1) is 11.3 Å². The standard InChI is InChI=1S/C20H21N3O4S/c1-3-4-8-17(24)21-15-7-5-6-14(9-15)19(26)27-11-16-10-18(25)23-13(2)12-28-20(23)22-16/h5-7,9-10,12H,3-4,8,11H2,1-2H3,(H,21,24). The molecule has 7 nitrogen and oxygen atoms in total. The topological polar surface area (TPSA) is 89.8 Å². The van der Waals surface area contributed by atoms with Crippen LogP contribution in [0.25, 0.3) is 4.96 Å². The van der Waals surface area contributed by atoms with E-state index in [9.17, 15) is 14.4 Å². The van der Waals surface area contributed by atoms with Crippen LogP contribution in [-0.4, -0.2) is 21.3 Å².